The second-order valence-electron chi connectivity index (χ2n) is 6.60. The van der Waals surface area contributed by atoms with E-state index in [4.69, 9.17) is 4.74 Å². The molecule has 0 bridgehead atoms. The molecule has 0 aromatic heterocycles. The fourth-order valence-electron chi connectivity index (χ4n) is 3.33. The molecular weight excluding hydrogens is 392 g/mol. The van der Waals surface area contributed by atoms with E-state index in [9.17, 15) is 18.4 Å². The molecule has 0 spiro atoms. The zero-order valence-electron chi connectivity index (χ0n) is 16.5. The average Bonchev–Trinajstić information content (AvgIpc) is 2.71. The lowest BCUT2D eigenvalue weighted by Gasteiger charge is -2.35. The van der Waals surface area contributed by atoms with Crippen LogP contribution in [-0.2, 0) is 4.79 Å². The predicted molar refractivity (Wildman–Crippen MR) is 109 cm³/mol. The molecule has 3 amide bonds. The van der Waals surface area contributed by atoms with Gasteiger partial charge in [-0.15, -0.1) is 6.58 Å². The molecule has 0 saturated carbocycles. The zero-order valence-corrected chi connectivity index (χ0v) is 16.5. The third-order valence-corrected chi connectivity index (χ3v) is 4.78. The van der Waals surface area contributed by atoms with Gasteiger partial charge in [0.05, 0.1) is 24.4 Å². The normalized spacial score (nSPS) is 16.2. The third kappa shape index (κ3) is 4.03. The fourth-order valence-corrected chi connectivity index (χ4v) is 3.33. The van der Waals surface area contributed by atoms with Gasteiger partial charge in [0.25, 0.3) is 5.91 Å². The number of amides is 3. The van der Waals surface area contributed by atoms with E-state index in [0.717, 1.165) is 6.07 Å². The second kappa shape index (κ2) is 8.77. The van der Waals surface area contributed by atoms with Gasteiger partial charge in [-0.05, 0) is 25.1 Å². The monoisotopic (exact) mass is 413 g/mol. The van der Waals surface area contributed by atoms with Gasteiger partial charge in [-0.25, -0.2) is 13.6 Å². The number of halogens is 2. The molecule has 156 valence electrons. The largest absolute Gasteiger partial charge is 0.495 e. The van der Waals surface area contributed by atoms with Gasteiger partial charge in [0.15, 0.2) is 0 Å². The summed E-state index contributed by atoms with van der Waals surface area (Å²) in [6.07, 6.45) is 1.51. The van der Waals surface area contributed by atoms with Crippen molar-refractivity contribution in [3.8, 4) is 5.75 Å². The molecule has 2 aromatic carbocycles. The number of carbonyl (C=O) groups is 2. The SMILES string of the molecule is C=CCN1C(=O)N[C@@H](c2ccc(F)cc2F)C(C(=O)Nc2ccccc2OC)=C1C. The number of rotatable bonds is 6. The Morgan fingerprint density at radius 2 is 2.03 bits per heavy atom. The molecular formula is C22H21F2N3O3. The zero-order chi connectivity index (χ0) is 21.8. The molecule has 3 rings (SSSR count). The van der Waals surface area contributed by atoms with Crippen LogP contribution >= 0.6 is 0 Å². The quantitative estimate of drug-likeness (QED) is 0.700. The Kier molecular flexibility index (Phi) is 6.15. The first-order chi connectivity index (χ1) is 14.4. The molecule has 1 aliphatic heterocycles. The molecule has 1 atom stereocenters. The molecule has 0 unspecified atom stereocenters. The number of carbonyl (C=O) groups excluding carboxylic acids is 2. The van der Waals surface area contributed by atoms with Crippen LogP contribution in [0.2, 0.25) is 0 Å². The lowest BCUT2D eigenvalue weighted by molar-refractivity contribution is -0.113. The van der Waals surface area contributed by atoms with E-state index in [-0.39, 0.29) is 17.7 Å². The van der Waals surface area contributed by atoms with Crippen molar-refractivity contribution in [1.29, 1.82) is 0 Å². The van der Waals surface area contributed by atoms with Crippen molar-refractivity contribution in [2.75, 3.05) is 19.0 Å². The first kappa shape index (κ1) is 21.0. The van der Waals surface area contributed by atoms with Gasteiger partial charge < -0.3 is 15.4 Å². The summed E-state index contributed by atoms with van der Waals surface area (Å²) < 4.78 is 33.2. The number of urea groups is 1. The highest BCUT2D eigenvalue weighted by Gasteiger charge is 2.36. The van der Waals surface area contributed by atoms with Crippen LogP contribution < -0.4 is 15.4 Å². The molecule has 2 N–H and O–H groups in total. The summed E-state index contributed by atoms with van der Waals surface area (Å²) in [7, 11) is 1.47. The number of anilines is 1. The van der Waals surface area contributed by atoms with Crippen molar-refractivity contribution < 1.29 is 23.1 Å². The smallest absolute Gasteiger partial charge is 0.322 e. The maximum atomic E-state index is 14.5. The van der Waals surface area contributed by atoms with Crippen LogP contribution in [0.15, 0.2) is 66.4 Å². The van der Waals surface area contributed by atoms with Gasteiger partial charge in [-0.2, -0.15) is 0 Å². The van der Waals surface area contributed by atoms with E-state index in [1.54, 1.807) is 31.2 Å². The van der Waals surface area contributed by atoms with E-state index < -0.39 is 29.6 Å². The first-order valence-corrected chi connectivity index (χ1v) is 9.16. The molecule has 8 heteroatoms. The number of benzene rings is 2. The lowest BCUT2D eigenvalue weighted by Crippen LogP contribution is -2.48. The Morgan fingerprint density at radius 3 is 2.70 bits per heavy atom. The molecule has 1 heterocycles. The van der Waals surface area contributed by atoms with E-state index in [1.165, 1.54) is 24.2 Å². The predicted octanol–water partition coefficient (Wildman–Crippen LogP) is 4.14. The van der Waals surface area contributed by atoms with Gasteiger partial charge >= 0.3 is 6.03 Å². The van der Waals surface area contributed by atoms with Crippen LogP contribution in [0.4, 0.5) is 19.3 Å². The summed E-state index contributed by atoms with van der Waals surface area (Å²) in [5.74, 6) is -1.74. The molecule has 0 radical (unpaired) electrons. The van der Waals surface area contributed by atoms with Crippen molar-refractivity contribution in [3.05, 3.63) is 83.6 Å². The Hall–Kier alpha value is -3.68. The van der Waals surface area contributed by atoms with Crippen molar-refractivity contribution in [2.45, 2.75) is 13.0 Å². The van der Waals surface area contributed by atoms with Crippen molar-refractivity contribution in [1.82, 2.24) is 10.2 Å². The minimum atomic E-state index is -1.10. The number of allylic oxidation sites excluding steroid dienone is 1. The third-order valence-electron chi connectivity index (χ3n) is 4.78. The fraction of sp³-hybridized carbons (Fsp3) is 0.182. The van der Waals surface area contributed by atoms with E-state index in [1.807, 2.05) is 0 Å². The topological polar surface area (TPSA) is 70.7 Å². The van der Waals surface area contributed by atoms with Gasteiger partial charge in [-0.1, -0.05) is 24.3 Å². The van der Waals surface area contributed by atoms with Crippen LogP contribution in [0.3, 0.4) is 0 Å². The number of methoxy groups -OCH3 is 1. The van der Waals surface area contributed by atoms with Crippen LogP contribution in [0.25, 0.3) is 0 Å². The Labute approximate surface area is 172 Å². The highest BCUT2D eigenvalue weighted by molar-refractivity contribution is 6.07. The molecule has 0 fully saturated rings. The van der Waals surface area contributed by atoms with Crippen LogP contribution in [0, 0.1) is 11.6 Å². The maximum absolute atomic E-state index is 14.5. The van der Waals surface area contributed by atoms with Crippen molar-refractivity contribution >= 4 is 17.6 Å². The number of hydrogen-bond acceptors (Lipinski definition) is 3. The van der Waals surface area contributed by atoms with Gasteiger partial charge in [-0.3, -0.25) is 9.69 Å². The van der Waals surface area contributed by atoms with E-state index in [2.05, 4.69) is 17.2 Å². The summed E-state index contributed by atoms with van der Waals surface area (Å²) >= 11 is 0. The first-order valence-electron chi connectivity index (χ1n) is 9.16. The van der Waals surface area contributed by atoms with Crippen molar-refractivity contribution in [3.63, 3.8) is 0 Å². The van der Waals surface area contributed by atoms with Gasteiger partial charge in [0.1, 0.15) is 17.4 Å². The van der Waals surface area contributed by atoms with Crippen molar-refractivity contribution in [2.24, 2.45) is 0 Å². The highest BCUT2D eigenvalue weighted by atomic mass is 19.1. The highest BCUT2D eigenvalue weighted by Crippen LogP contribution is 2.34. The Bertz CT molecular complexity index is 1040. The summed E-state index contributed by atoms with van der Waals surface area (Å²) in [6, 6.07) is 8.19. The lowest BCUT2D eigenvalue weighted by atomic mass is 9.93. The average molecular weight is 413 g/mol. The molecule has 0 saturated heterocycles. The number of nitrogens with one attached hydrogen (secondary N) is 2. The summed E-state index contributed by atoms with van der Waals surface area (Å²) in [5, 5.41) is 5.38. The standard InChI is InChI=1S/C22H21F2N3O3/c1-4-11-27-13(2)19(21(28)25-17-7-5-6-8-18(17)30-3)20(26-22(27)29)15-10-9-14(23)12-16(15)24/h4-10,12,20H,1,11H2,2-3H3,(H,25,28)(H,26,29)/t20-/m0/s1. The molecule has 2 aromatic rings. The van der Waals surface area contributed by atoms with Gasteiger partial charge in [0.2, 0.25) is 0 Å². The molecule has 0 aliphatic carbocycles. The number of para-hydroxylation sites is 2. The Balaban J connectivity index is 2.08. The summed E-state index contributed by atoms with van der Waals surface area (Å²) in [6.45, 7) is 5.37. The summed E-state index contributed by atoms with van der Waals surface area (Å²) in [4.78, 5) is 27.1. The molecule has 30 heavy (non-hydrogen) atoms. The number of hydrogen-bond donors (Lipinski definition) is 2. The van der Waals surface area contributed by atoms with E-state index in [0.29, 0.717) is 23.2 Å². The van der Waals surface area contributed by atoms with Crippen LogP contribution in [0.1, 0.15) is 18.5 Å². The molecule has 1 aliphatic rings. The molecule has 6 nitrogen and oxygen atoms in total. The number of nitrogens with zero attached hydrogens (tertiary/aromatic N) is 1. The maximum Gasteiger partial charge on any atom is 0.322 e. The van der Waals surface area contributed by atoms with Crippen LogP contribution in [0.5, 0.6) is 5.75 Å². The second-order valence-corrected chi connectivity index (χ2v) is 6.60. The van der Waals surface area contributed by atoms with E-state index >= 15 is 0 Å². The minimum Gasteiger partial charge on any atom is -0.495 e. The van der Waals surface area contributed by atoms with Crippen LogP contribution in [-0.4, -0.2) is 30.5 Å². The Morgan fingerprint density at radius 1 is 1.30 bits per heavy atom. The van der Waals surface area contributed by atoms with Gasteiger partial charge in [0, 0.05) is 23.9 Å². The summed E-state index contributed by atoms with van der Waals surface area (Å²) in [5.41, 5.74) is 0.843. The minimum absolute atomic E-state index is 0.0208. The number of ether oxygens (including phenoxy) is 1.